The monoisotopic (exact) mass is 301 g/mol. The van der Waals surface area contributed by atoms with Gasteiger partial charge < -0.3 is 19.9 Å². The Morgan fingerprint density at radius 1 is 1.00 bits per heavy atom. The van der Waals surface area contributed by atoms with Crippen molar-refractivity contribution >= 4 is 5.69 Å². The number of hydrogen-bond donors (Lipinski definition) is 2. The largest absolute Gasteiger partial charge is 0.494 e. The number of rotatable bonds is 8. The van der Waals surface area contributed by atoms with Crippen LogP contribution in [0, 0.1) is 0 Å². The average molecular weight is 301 g/mol. The topological polar surface area (TPSA) is 50.7 Å². The third kappa shape index (κ3) is 4.40. The maximum absolute atomic E-state index is 9.43. The second-order valence-electron chi connectivity index (χ2n) is 4.85. The molecule has 2 N–H and O–H groups in total. The fourth-order valence-corrected chi connectivity index (χ4v) is 2.23. The molecule has 0 radical (unpaired) electrons. The van der Waals surface area contributed by atoms with Gasteiger partial charge in [-0.25, -0.2) is 0 Å². The first-order chi connectivity index (χ1) is 10.8. The van der Waals surface area contributed by atoms with Crippen LogP contribution in [0.3, 0.4) is 0 Å². The Morgan fingerprint density at radius 3 is 2.55 bits per heavy atom. The molecule has 4 heteroatoms. The molecular weight excluding hydrogens is 278 g/mol. The summed E-state index contributed by atoms with van der Waals surface area (Å²) in [6.45, 7) is 5.81. The van der Waals surface area contributed by atoms with Crippen LogP contribution < -0.4 is 14.8 Å². The molecule has 0 bridgehead atoms. The van der Waals surface area contributed by atoms with E-state index >= 15 is 0 Å². The van der Waals surface area contributed by atoms with Gasteiger partial charge >= 0.3 is 0 Å². The van der Waals surface area contributed by atoms with E-state index in [-0.39, 0.29) is 6.61 Å². The molecular formula is C18H23NO3. The van der Waals surface area contributed by atoms with Gasteiger partial charge in [0.05, 0.1) is 19.8 Å². The molecule has 0 aliphatic rings. The number of anilines is 1. The Morgan fingerprint density at radius 2 is 1.82 bits per heavy atom. The van der Waals surface area contributed by atoms with Gasteiger partial charge in [-0.2, -0.15) is 0 Å². The van der Waals surface area contributed by atoms with E-state index in [4.69, 9.17) is 9.47 Å². The van der Waals surface area contributed by atoms with Crippen LogP contribution in [0.4, 0.5) is 5.69 Å². The summed E-state index contributed by atoms with van der Waals surface area (Å²) >= 11 is 0. The van der Waals surface area contributed by atoms with E-state index < -0.39 is 0 Å². The normalized spacial score (nSPS) is 10.3. The lowest BCUT2D eigenvalue weighted by Crippen LogP contribution is -2.02. The first-order valence-electron chi connectivity index (χ1n) is 7.59. The van der Waals surface area contributed by atoms with Crippen molar-refractivity contribution in [3.8, 4) is 11.5 Å². The summed E-state index contributed by atoms with van der Waals surface area (Å²) in [6, 6.07) is 13.8. The smallest absolute Gasteiger partial charge is 0.124 e. The number of benzene rings is 2. The highest BCUT2D eigenvalue weighted by Gasteiger charge is 2.04. The van der Waals surface area contributed by atoms with Crippen LogP contribution in [0.25, 0.3) is 0 Å². The molecule has 0 atom stereocenters. The van der Waals surface area contributed by atoms with Gasteiger partial charge in [-0.15, -0.1) is 0 Å². The zero-order valence-electron chi connectivity index (χ0n) is 13.1. The van der Waals surface area contributed by atoms with Crippen molar-refractivity contribution < 1.29 is 14.6 Å². The lowest BCUT2D eigenvalue weighted by Gasteiger charge is -2.12. The summed E-state index contributed by atoms with van der Waals surface area (Å²) in [5, 5.41) is 12.8. The van der Waals surface area contributed by atoms with Crippen LogP contribution in [-0.4, -0.2) is 18.3 Å². The molecule has 2 rings (SSSR count). The van der Waals surface area contributed by atoms with Crippen LogP contribution in [0.5, 0.6) is 11.5 Å². The van der Waals surface area contributed by atoms with E-state index in [2.05, 4.69) is 11.4 Å². The minimum absolute atomic E-state index is 0.0370. The van der Waals surface area contributed by atoms with E-state index in [1.807, 2.05) is 50.2 Å². The Labute approximate surface area is 131 Å². The summed E-state index contributed by atoms with van der Waals surface area (Å²) in [4.78, 5) is 0. The molecule has 0 amide bonds. The van der Waals surface area contributed by atoms with Crippen molar-refractivity contribution in [3.05, 3.63) is 53.6 Å². The number of ether oxygens (including phenoxy) is 2. The van der Waals surface area contributed by atoms with Crippen molar-refractivity contribution in [2.45, 2.75) is 27.0 Å². The Bertz CT molecular complexity index is 599. The number of aliphatic hydroxyl groups excluding tert-OH is 1. The lowest BCUT2D eigenvalue weighted by atomic mass is 10.1. The minimum atomic E-state index is -0.0370. The summed E-state index contributed by atoms with van der Waals surface area (Å²) < 4.78 is 11.0. The van der Waals surface area contributed by atoms with Gasteiger partial charge in [0, 0.05) is 17.8 Å². The van der Waals surface area contributed by atoms with E-state index in [1.54, 1.807) is 0 Å². The van der Waals surface area contributed by atoms with Crippen LogP contribution in [0.2, 0.25) is 0 Å². The molecule has 4 nitrogen and oxygen atoms in total. The lowest BCUT2D eigenvalue weighted by molar-refractivity contribution is 0.267. The fourth-order valence-electron chi connectivity index (χ4n) is 2.23. The van der Waals surface area contributed by atoms with E-state index in [0.717, 1.165) is 28.3 Å². The van der Waals surface area contributed by atoms with Gasteiger partial charge in [-0.3, -0.25) is 0 Å². The van der Waals surface area contributed by atoms with Crippen molar-refractivity contribution in [1.29, 1.82) is 0 Å². The zero-order chi connectivity index (χ0) is 15.8. The van der Waals surface area contributed by atoms with E-state index in [1.165, 1.54) is 0 Å². The Hall–Kier alpha value is -2.20. The standard InChI is InChI=1S/C18H23NO3/c1-3-21-17-7-5-6-14(10-17)12-19-16-8-9-18(22-4-2)15(11-16)13-20/h5-11,19-20H,3-4,12-13H2,1-2H3. The second-order valence-corrected chi connectivity index (χ2v) is 4.85. The maximum atomic E-state index is 9.43. The summed E-state index contributed by atoms with van der Waals surface area (Å²) in [5.41, 5.74) is 2.88. The summed E-state index contributed by atoms with van der Waals surface area (Å²) in [5.74, 6) is 1.61. The zero-order valence-corrected chi connectivity index (χ0v) is 13.1. The average Bonchev–Trinajstić information content (AvgIpc) is 2.55. The first-order valence-corrected chi connectivity index (χ1v) is 7.59. The minimum Gasteiger partial charge on any atom is -0.494 e. The number of aliphatic hydroxyl groups is 1. The quantitative estimate of drug-likeness (QED) is 0.782. The van der Waals surface area contributed by atoms with Crippen LogP contribution in [0.1, 0.15) is 25.0 Å². The van der Waals surface area contributed by atoms with Gasteiger partial charge in [-0.1, -0.05) is 12.1 Å². The molecule has 0 unspecified atom stereocenters. The van der Waals surface area contributed by atoms with Crippen molar-refractivity contribution in [2.75, 3.05) is 18.5 Å². The highest BCUT2D eigenvalue weighted by Crippen LogP contribution is 2.23. The van der Waals surface area contributed by atoms with Gasteiger partial charge in [-0.05, 0) is 49.7 Å². The first kappa shape index (κ1) is 16.2. The molecule has 0 aromatic heterocycles. The van der Waals surface area contributed by atoms with Gasteiger partial charge in [0.2, 0.25) is 0 Å². The second kappa shape index (κ2) is 8.29. The molecule has 0 aliphatic heterocycles. The SMILES string of the molecule is CCOc1cccc(CNc2ccc(OCC)c(CO)c2)c1. The molecule has 2 aromatic rings. The van der Waals surface area contributed by atoms with E-state index in [9.17, 15) is 5.11 Å². The van der Waals surface area contributed by atoms with Crippen molar-refractivity contribution in [2.24, 2.45) is 0 Å². The van der Waals surface area contributed by atoms with Crippen LogP contribution >= 0.6 is 0 Å². The van der Waals surface area contributed by atoms with E-state index in [0.29, 0.717) is 19.8 Å². The molecule has 0 heterocycles. The Balaban J connectivity index is 2.03. The number of hydrogen-bond acceptors (Lipinski definition) is 4. The molecule has 2 aromatic carbocycles. The third-order valence-corrected chi connectivity index (χ3v) is 3.24. The highest BCUT2D eigenvalue weighted by atomic mass is 16.5. The highest BCUT2D eigenvalue weighted by molar-refractivity contribution is 5.51. The summed E-state index contributed by atoms with van der Waals surface area (Å²) in [6.07, 6.45) is 0. The fraction of sp³-hybridized carbons (Fsp3) is 0.333. The molecule has 0 spiro atoms. The van der Waals surface area contributed by atoms with Crippen molar-refractivity contribution in [1.82, 2.24) is 0 Å². The molecule has 0 saturated heterocycles. The van der Waals surface area contributed by atoms with Gasteiger partial charge in [0.1, 0.15) is 11.5 Å². The predicted molar refractivity (Wildman–Crippen MR) is 88.5 cm³/mol. The molecule has 22 heavy (non-hydrogen) atoms. The molecule has 0 aliphatic carbocycles. The van der Waals surface area contributed by atoms with Crippen LogP contribution in [-0.2, 0) is 13.2 Å². The van der Waals surface area contributed by atoms with Crippen LogP contribution in [0.15, 0.2) is 42.5 Å². The summed E-state index contributed by atoms with van der Waals surface area (Å²) in [7, 11) is 0. The van der Waals surface area contributed by atoms with Gasteiger partial charge in [0.25, 0.3) is 0 Å². The molecule has 118 valence electrons. The Kier molecular flexibility index (Phi) is 6.10. The molecule has 0 fully saturated rings. The molecule has 0 saturated carbocycles. The van der Waals surface area contributed by atoms with Gasteiger partial charge in [0.15, 0.2) is 0 Å². The van der Waals surface area contributed by atoms with Crippen molar-refractivity contribution in [3.63, 3.8) is 0 Å². The maximum Gasteiger partial charge on any atom is 0.124 e. The third-order valence-electron chi connectivity index (χ3n) is 3.24. The predicted octanol–water partition coefficient (Wildman–Crippen LogP) is 3.59. The number of nitrogens with one attached hydrogen (secondary N) is 1.